The van der Waals surface area contributed by atoms with Crippen molar-refractivity contribution in [3.63, 3.8) is 0 Å². The molecule has 1 atom stereocenters. The maximum absolute atomic E-state index is 10.7. The number of aliphatic carboxylic acids is 1. The van der Waals surface area contributed by atoms with Crippen LogP contribution in [0.3, 0.4) is 0 Å². The normalized spacial score (nSPS) is 11.7. The first-order chi connectivity index (χ1) is 9.58. The summed E-state index contributed by atoms with van der Waals surface area (Å²) in [5, 5.41) is 11.7. The Morgan fingerprint density at radius 1 is 1.45 bits per heavy atom. The van der Waals surface area contributed by atoms with Gasteiger partial charge in [-0.15, -0.1) is 0 Å². The Hall–Kier alpha value is -2.01. The number of benzene rings is 1. The minimum atomic E-state index is -0.874. The van der Waals surface area contributed by atoms with Gasteiger partial charge < -0.3 is 19.9 Å². The van der Waals surface area contributed by atoms with E-state index < -0.39 is 12.0 Å². The molecular formula is C15H21NO4. The van der Waals surface area contributed by atoms with Gasteiger partial charge in [-0.25, -0.2) is 0 Å². The van der Waals surface area contributed by atoms with Gasteiger partial charge in [0.2, 0.25) is 0 Å². The lowest BCUT2D eigenvalue weighted by molar-refractivity contribution is -0.139. The zero-order valence-electron chi connectivity index (χ0n) is 11.9. The third-order valence-corrected chi connectivity index (χ3v) is 2.65. The number of hydrogen-bond donors (Lipinski definition) is 2. The van der Waals surface area contributed by atoms with Gasteiger partial charge in [0.25, 0.3) is 0 Å². The highest BCUT2D eigenvalue weighted by atomic mass is 16.5. The molecule has 0 radical (unpaired) electrons. The predicted molar refractivity (Wildman–Crippen MR) is 77.2 cm³/mol. The fourth-order valence-corrected chi connectivity index (χ4v) is 1.56. The molecular weight excluding hydrogens is 258 g/mol. The van der Waals surface area contributed by atoms with E-state index in [2.05, 4.69) is 11.9 Å². The molecule has 0 fully saturated rings. The Morgan fingerprint density at radius 2 is 2.20 bits per heavy atom. The summed E-state index contributed by atoms with van der Waals surface area (Å²) in [5.41, 5.74) is 0.938. The summed E-state index contributed by atoms with van der Waals surface area (Å²) in [5.74, 6) is 0.430. The Bertz CT molecular complexity index is 459. The van der Waals surface area contributed by atoms with Crippen LogP contribution in [0.5, 0.6) is 11.5 Å². The lowest BCUT2D eigenvalue weighted by Crippen LogP contribution is -2.33. The fourth-order valence-electron chi connectivity index (χ4n) is 1.56. The van der Waals surface area contributed by atoms with Gasteiger partial charge in [0, 0.05) is 6.54 Å². The molecule has 1 aromatic rings. The van der Waals surface area contributed by atoms with Crippen LogP contribution in [0.4, 0.5) is 0 Å². The highest BCUT2D eigenvalue weighted by Crippen LogP contribution is 2.28. The van der Waals surface area contributed by atoms with Crippen molar-refractivity contribution >= 4 is 5.97 Å². The number of hydrogen-bond acceptors (Lipinski definition) is 4. The van der Waals surface area contributed by atoms with E-state index in [1.54, 1.807) is 13.0 Å². The standard InChI is InChI=1S/C15H21NO4/c1-4-8-20-13-7-6-12(9-14(13)19-5-2)10-16-11(3)15(17)18/h4,6-7,9,11,16H,1,5,8,10H2,2-3H3,(H,17,18)/t11-/m1/s1. The smallest absolute Gasteiger partial charge is 0.320 e. The Balaban J connectivity index is 2.75. The molecule has 0 spiro atoms. The zero-order valence-corrected chi connectivity index (χ0v) is 11.9. The lowest BCUT2D eigenvalue weighted by atomic mass is 10.2. The molecule has 1 aromatic carbocycles. The summed E-state index contributed by atoms with van der Waals surface area (Å²) in [4.78, 5) is 10.7. The molecule has 0 saturated carbocycles. The number of nitrogens with one attached hydrogen (secondary N) is 1. The molecule has 0 bridgehead atoms. The molecule has 0 amide bonds. The average molecular weight is 279 g/mol. The third kappa shape index (κ3) is 4.93. The van der Waals surface area contributed by atoms with Crippen LogP contribution in [0.2, 0.25) is 0 Å². The number of rotatable bonds is 9. The van der Waals surface area contributed by atoms with Crippen molar-refractivity contribution in [2.24, 2.45) is 0 Å². The molecule has 0 aliphatic carbocycles. The van der Waals surface area contributed by atoms with E-state index in [0.717, 1.165) is 5.56 Å². The summed E-state index contributed by atoms with van der Waals surface area (Å²) >= 11 is 0. The molecule has 0 unspecified atom stereocenters. The number of carboxylic acids is 1. The molecule has 1 rings (SSSR count). The minimum Gasteiger partial charge on any atom is -0.490 e. The number of carboxylic acid groups (broad SMARTS) is 1. The van der Waals surface area contributed by atoms with Crippen LogP contribution in [0.1, 0.15) is 19.4 Å². The second-order valence-corrected chi connectivity index (χ2v) is 4.25. The first kappa shape index (κ1) is 16.0. The van der Waals surface area contributed by atoms with Gasteiger partial charge >= 0.3 is 5.97 Å². The summed E-state index contributed by atoms with van der Waals surface area (Å²) in [6.45, 7) is 8.50. The van der Waals surface area contributed by atoms with Crippen molar-refractivity contribution in [2.45, 2.75) is 26.4 Å². The summed E-state index contributed by atoms with van der Waals surface area (Å²) in [7, 11) is 0. The second kappa shape index (κ2) is 8.22. The summed E-state index contributed by atoms with van der Waals surface area (Å²) < 4.78 is 11.0. The molecule has 2 N–H and O–H groups in total. The van der Waals surface area contributed by atoms with Crippen LogP contribution in [0.25, 0.3) is 0 Å². The van der Waals surface area contributed by atoms with Gasteiger partial charge in [0.05, 0.1) is 6.61 Å². The highest BCUT2D eigenvalue weighted by molar-refractivity contribution is 5.72. The van der Waals surface area contributed by atoms with Crippen molar-refractivity contribution in [1.29, 1.82) is 0 Å². The van der Waals surface area contributed by atoms with Crippen molar-refractivity contribution in [2.75, 3.05) is 13.2 Å². The lowest BCUT2D eigenvalue weighted by Gasteiger charge is -2.14. The van der Waals surface area contributed by atoms with Crippen molar-refractivity contribution in [3.8, 4) is 11.5 Å². The Morgan fingerprint density at radius 3 is 2.80 bits per heavy atom. The van der Waals surface area contributed by atoms with Crippen molar-refractivity contribution < 1.29 is 19.4 Å². The predicted octanol–water partition coefficient (Wildman–Crippen LogP) is 2.21. The van der Waals surface area contributed by atoms with Crippen LogP contribution in [-0.4, -0.2) is 30.3 Å². The first-order valence-electron chi connectivity index (χ1n) is 6.54. The van der Waals surface area contributed by atoms with Crippen molar-refractivity contribution in [1.82, 2.24) is 5.32 Å². The zero-order chi connectivity index (χ0) is 15.0. The number of carbonyl (C=O) groups is 1. The van der Waals surface area contributed by atoms with E-state index in [4.69, 9.17) is 14.6 Å². The Labute approximate surface area is 119 Å². The second-order valence-electron chi connectivity index (χ2n) is 4.25. The quantitative estimate of drug-likeness (QED) is 0.678. The van der Waals surface area contributed by atoms with Gasteiger partial charge in [-0.1, -0.05) is 18.7 Å². The Kier molecular flexibility index (Phi) is 6.59. The summed E-state index contributed by atoms with van der Waals surface area (Å²) in [6, 6.07) is 4.95. The molecule has 0 saturated heterocycles. The third-order valence-electron chi connectivity index (χ3n) is 2.65. The first-order valence-corrected chi connectivity index (χ1v) is 6.54. The van der Waals surface area contributed by atoms with Gasteiger partial charge in [-0.05, 0) is 31.5 Å². The molecule has 5 heteroatoms. The van der Waals surface area contributed by atoms with Gasteiger partial charge in [0.15, 0.2) is 11.5 Å². The fraction of sp³-hybridized carbons (Fsp3) is 0.400. The van der Waals surface area contributed by atoms with Crippen molar-refractivity contribution in [3.05, 3.63) is 36.4 Å². The summed E-state index contributed by atoms with van der Waals surface area (Å²) in [6.07, 6.45) is 1.67. The van der Waals surface area contributed by atoms with E-state index in [-0.39, 0.29) is 0 Å². The molecule has 110 valence electrons. The van der Waals surface area contributed by atoms with E-state index >= 15 is 0 Å². The molecule has 0 aromatic heterocycles. The molecule has 0 heterocycles. The maximum atomic E-state index is 10.7. The average Bonchev–Trinajstić information content (AvgIpc) is 2.44. The maximum Gasteiger partial charge on any atom is 0.320 e. The van der Waals surface area contributed by atoms with Crippen LogP contribution in [0.15, 0.2) is 30.9 Å². The topological polar surface area (TPSA) is 67.8 Å². The monoisotopic (exact) mass is 279 g/mol. The molecule has 5 nitrogen and oxygen atoms in total. The van der Waals surface area contributed by atoms with Gasteiger partial charge in [0.1, 0.15) is 12.6 Å². The molecule has 20 heavy (non-hydrogen) atoms. The molecule has 0 aliphatic rings. The molecule has 0 aliphatic heterocycles. The SMILES string of the molecule is C=CCOc1ccc(CN[C@H](C)C(=O)O)cc1OCC. The van der Waals surface area contributed by atoms with Crippen LogP contribution < -0.4 is 14.8 Å². The van der Waals surface area contributed by atoms with E-state index in [9.17, 15) is 4.79 Å². The minimum absolute atomic E-state index is 0.410. The van der Waals surface area contributed by atoms with E-state index in [1.807, 2.05) is 25.1 Å². The van der Waals surface area contributed by atoms with E-state index in [1.165, 1.54) is 0 Å². The van der Waals surface area contributed by atoms with Crippen LogP contribution in [-0.2, 0) is 11.3 Å². The van der Waals surface area contributed by atoms with Crippen LogP contribution >= 0.6 is 0 Å². The number of ether oxygens (including phenoxy) is 2. The van der Waals surface area contributed by atoms with E-state index in [0.29, 0.717) is 31.3 Å². The van der Waals surface area contributed by atoms with Gasteiger partial charge in [-0.2, -0.15) is 0 Å². The van der Waals surface area contributed by atoms with Gasteiger partial charge in [-0.3, -0.25) is 4.79 Å². The van der Waals surface area contributed by atoms with Crippen LogP contribution in [0, 0.1) is 0 Å². The highest BCUT2D eigenvalue weighted by Gasteiger charge is 2.11. The largest absolute Gasteiger partial charge is 0.490 e.